The Morgan fingerprint density at radius 3 is 1.40 bits per heavy atom. The molecule has 0 amide bonds. The van der Waals surface area contributed by atoms with Crippen molar-refractivity contribution in [2.24, 2.45) is 0 Å². The molecule has 5 heavy (non-hydrogen) atoms. The first-order valence-electron chi connectivity index (χ1n) is 0.813. The second kappa shape index (κ2) is 21.8. The standard InChI is InChI=1S/C2H4O.2GeH4/c1-2-3;;/h2H,1H3;2*1H4. The third kappa shape index (κ3) is 63.2. The summed E-state index contributed by atoms with van der Waals surface area (Å²) in [7, 11) is 0. The van der Waals surface area contributed by atoms with Gasteiger partial charge in [-0.25, -0.2) is 0 Å². The molecule has 0 unspecified atom stereocenters. The number of hydrogen-bond donors (Lipinski definition) is 0. The summed E-state index contributed by atoms with van der Waals surface area (Å²) in [4.78, 5) is 8.81. The molecule has 0 aromatic carbocycles. The van der Waals surface area contributed by atoms with Crippen LogP contribution in [0.1, 0.15) is 6.92 Å². The molecule has 0 radical (unpaired) electrons. The van der Waals surface area contributed by atoms with Gasteiger partial charge in [-0.3, -0.25) is 0 Å². The maximum absolute atomic E-state index is 8.81. The van der Waals surface area contributed by atoms with E-state index in [2.05, 4.69) is 0 Å². The molecule has 0 saturated heterocycles. The molecule has 0 rings (SSSR count). The van der Waals surface area contributed by atoms with E-state index in [4.69, 9.17) is 4.79 Å². The van der Waals surface area contributed by atoms with Crippen LogP contribution in [0, 0.1) is 0 Å². The second-order valence-electron chi connectivity index (χ2n) is 0.236. The van der Waals surface area contributed by atoms with Crippen LogP contribution in [-0.4, -0.2) is 41.5 Å². The molecule has 0 spiro atoms. The van der Waals surface area contributed by atoms with Crippen molar-refractivity contribution in [3.05, 3.63) is 0 Å². The zero-order valence-electron chi connectivity index (χ0n) is 1.99. The minimum atomic E-state index is 0. The van der Waals surface area contributed by atoms with Crippen molar-refractivity contribution in [2.45, 2.75) is 6.92 Å². The van der Waals surface area contributed by atoms with E-state index in [0.29, 0.717) is 0 Å². The summed E-state index contributed by atoms with van der Waals surface area (Å²) in [5.41, 5.74) is 0. The van der Waals surface area contributed by atoms with E-state index in [0.717, 1.165) is 6.29 Å². The van der Waals surface area contributed by atoms with Crippen LogP contribution in [0.2, 0.25) is 0 Å². The number of carbonyl (C=O) groups is 1. The van der Waals surface area contributed by atoms with Crippen LogP contribution in [0.4, 0.5) is 0 Å². The van der Waals surface area contributed by atoms with Crippen molar-refractivity contribution in [1.82, 2.24) is 0 Å². The molecule has 0 fully saturated rings. The summed E-state index contributed by atoms with van der Waals surface area (Å²) in [5.74, 6) is 0. The monoisotopic (exact) mass is 200 g/mol. The predicted molar refractivity (Wildman–Crippen MR) is 34.4 cm³/mol. The summed E-state index contributed by atoms with van der Waals surface area (Å²) in [6.07, 6.45) is 0.750. The molecule has 0 aliphatic rings. The number of hydrogen-bond acceptors (Lipinski definition) is 1. The summed E-state index contributed by atoms with van der Waals surface area (Å²) in [6, 6.07) is 0. The van der Waals surface area contributed by atoms with Crippen LogP contribution >= 0.6 is 0 Å². The normalized spacial score (nSPS) is 2.60. The van der Waals surface area contributed by atoms with Gasteiger partial charge >= 0.3 is 35.2 Å². The molecule has 0 atom stereocenters. The molecule has 0 heterocycles. The number of carbonyl (C=O) groups excluding carboxylic acids is 1. The fraction of sp³-hybridized carbons (Fsp3) is 0.500. The van der Waals surface area contributed by atoms with Gasteiger partial charge in [-0.15, -0.1) is 0 Å². The zero-order chi connectivity index (χ0) is 2.71. The fourth-order valence-electron chi connectivity index (χ4n) is 0. The van der Waals surface area contributed by atoms with Gasteiger partial charge in [0.05, 0.1) is 0 Å². The van der Waals surface area contributed by atoms with E-state index >= 15 is 0 Å². The molecule has 0 saturated carbocycles. The zero-order valence-corrected chi connectivity index (χ0v) is 1.99. The molecule has 0 aromatic rings. The van der Waals surface area contributed by atoms with Crippen molar-refractivity contribution in [2.75, 3.05) is 0 Å². The third-order valence-electron chi connectivity index (χ3n) is 0. The minimum absolute atomic E-state index is 0. The van der Waals surface area contributed by atoms with E-state index < -0.39 is 0 Å². The first-order valence-corrected chi connectivity index (χ1v) is 0.813. The van der Waals surface area contributed by atoms with Gasteiger partial charge in [0.1, 0.15) is 6.29 Å². The Morgan fingerprint density at radius 2 is 1.40 bits per heavy atom. The van der Waals surface area contributed by atoms with Gasteiger partial charge in [0, 0.05) is 0 Å². The molecule has 3 heteroatoms. The first-order chi connectivity index (χ1) is 1.41. The van der Waals surface area contributed by atoms with Crippen LogP contribution in [0.15, 0.2) is 0 Å². The maximum atomic E-state index is 8.81. The number of aldehydes is 1. The fourth-order valence-corrected chi connectivity index (χ4v) is 0. The molecule has 0 N–H and O–H groups in total. The van der Waals surface area contributed by atoms with E-state index in [-0.39, 0.29) is 35.2 Å². The third-order valence-corrected chi connectivity index (χ3v) is 0. The molecule has 34 valence electrons. The molecular weight excluding hydrogens is 185 g/mol. The van der Waals surface area contributed by atoms with Crippen LogP contribution in [0.5, 0.6) is 0 Å². The van der Waals surface area contributed by atoms with E-state index in [1.165, 1.54) is 6.92 Å². The second-order valence-corrected chi connectivity index (χ2v) is 0.236. The summed E-state index contributed by atoms with van der Waals surface area (Å²) in [6.45, 7) is 1.44. The molecule has 0 bridgehead atoms. The summed E-state index contributed by atoms with van der Waals surface area (Å²) < 4.78 is 0. The Balaban J connectivity index is -0.0000000200. The van der Waals surface area contributed by atoms with Gasteiger partial charge in [-0.2, -0.15) is 0 Å². The molecule has 1 nitrogen and oxygen atoms in total. The Kier molecular flexibility index (Phi) is 74.6. The SMILES string of the molecule is CC=O.[GeH4].[GeH4]. The topological polar surface area (TPSA) is 17.1 Å². The quantitative estimate of drug-likeness (QED) is 0.305. The molecular formula is C2H12Ge2O. The van der Waals surface area contributed by atoms with E-state index in [1.54, 1.807) is 0 Å². The van der Waals surface area contributed by atoms with Crippen molar-refractivity contribution in [3.63, 3.8) is 0 Å². The Labute approximate surface area is 53.5 Å². The average Bonchev–Trinajstić information content (AvgIpc) is 0.918. The Morgan fingerprint density at radius 1 is 1.40 bits per heavy atom. The molecule has 0 aliphatic carbocycles. The first kappa shape index (κ1) is 17.1. The Bertz CT molecular complexity index is 15.1. The molecule has 0 aliphatic heterocycles. The van der Waals surface area contributed by atoms with Crippen molar-refractivity contribution < 1.29 is 4.79 Å². The van der Waals surface area contributed by atoms with Crippen LogP contribution in [0.3, 0.4) is 0 Å². The predicted octanol–water partition coefficient (Wildman–Crippen LogP) is -2.70. The molecule has 0 aromatic heterocycles. The van der Waals surface area contributed by atoms with Crippen LogP contribution in [0.25, 0.3) is 0 Å². The summed E-state index contributed by atoms with van der Waals surface area (Å²) in [5, 5.41) is 0. The van der Waals surface area contributed by atoms with Crippen molar-refractivity contribution in [1.29, 1.82) is 0 Å². The van der Waals surface area contributed by atoms with Gasteiger partial charge in [0.15, 0.2) is 0 Å². The van der Waals surface area contributed by atoms with Gasteiger partial charge in [0.25, 0.3) is 0 Å². The number of rotatable bonds is 0. The Hall–Kier alpha value is 0.756. The van der Waals surface area contributed by atoms with E-state index in [1.807, 2.05) is 0 Å². The van der Waals surface area contributed by atoms with E-state index in [9.17, 15) is 0 Å². The average molecular weight is 197 g/mol. The van der Waals surface area contributed by atoms with Gasteiger partial charge in [-0.05, 0) is 6.92 Å². The van der Waals surface area contributed by atoms with Crippen molar-refractivity contribution >= 4 is 41.5 Å². The van der Waals surface area contributed by atoms with Crippen molar-refractivity contribution in [3.8, 4) is 0 Å². The van der Waals surface area contributed by atoms with Gasteiger partial charge < -0.3 is 4.79 Å². The van der Waals surface area contributed by atoms with Gasteiger partial charge in [0.2, 0.25) is 0 Å². The van der Waals surface area contributed by atoms with Crippen LogP contribution < -0.4 is 0 Å². The van der Waals surface area contributed by atoms with Crippen LogP contribution in [-0.2, 0) is 4.79 Å². The summed E-state index contributed by atoms with van der Waals surface area (Å²) >= 11 is 0. The van der Waals surface area contributed by atoms with Gasteiger partial charge in [-0.1, -0.05) is 0 Å².